The highest BCUT2D eigenvalue weighted by Crippen LogP contribution is 2.42. The lowest BCUT2D eigenvalue weighted by Gasteiger charge is -2.37. The largest absolute Gasteiger partial charge is 0.508 e. The van der Waals surface area contributed by atoms with E-state index >= 15 is 0 Å². The lowest BCUT2D eigenvalue weighted by Crippen LogP contribution is -2.48. The smallest absolute Gasteiger partial charge is 0.226 e. The molecule has 0 aliphatic heterocycles. The summed E-state index contributed by atoms with van der Waals surface area (Å²) in [7, 11) is 0. The Balaban J connectivity index is 1.96. The predicted molar refractivity (Wildman–Crippen MR) is 96.0 cm³/mol. The van der Waals surface area contributed by atoms with E-state index in [0.717, 1.165) is 24.0 Å². The van der Waals surface area contributed by atoms with E-state index in [-0.39, 0.29) is 17.6 Å². The third-order valence-electron chi connectivity index (χ3n) is 5.11. The second-order valence-corrected chi connectivity index (χ2v) is 7.26. The highest BCUT2D eigenvalue weighted by Gasteiger charge is 2.40. The van der Waals surface area contributed by atoms with Gasteiger partial charge in [-0.3, -0.25) is 4.79 Å². The van der Waals surface area contributed by atoms with Crippen LogP contribution in [0.25, 0.3) is 0 Å². The Labute approximate surface area is 143 Å². The molecule has 1 aliphatic carbocycles. The first-order chi connectivity index (χ1) is 11.5. The molecule has 1 amide bonds. The molecule has 1 unspecified atom stereocenters. The summed E-state index contributed by atoms with van der Waals surface area (Å²) in [5.41, 5.74) is 1.55. The molecule has 2 aromatic carbocycles. The highest BCUT2D eigenvalue weighted by atomic mass is 16.3. The first-order valence-electron chi connectivity index (χ1n) is 8.63. The number of hydrogen-bond donors (Lipinski definition) is 2. The van der Waals surface area contributed by atoms with Crippen molar-refractivity contribution < 1.29 is 9.90 Å². The normalized spacial score (nSPS) is 16.2. The molecular weight excluding hydrogens is 298 g/mol. The summed E-state index contributed by atoms with van der Waals surface area (Å²) in [6.07, 6.45) is 3.36. The van der Waals surface area contributed by atoms with E-state index in [1.165, 1.54) is 6.42 Å². The summed E-state index contributed by atoms with van der Waals surface area (Å²) < 4.78 is 0. The molecule has 0 heterocycles. The minimum absolute atomic E-state index is 0.0700. The van der Waals surface area contributed by atoms with E-state index in [9.17, 15) is 9.90 Å². The maximum atomic E-state index is 13.0. The van der Waals surface area contributed by atoms with Crippen LogP contribution in [-0.2, 0) is 4.79 Å². The van der Waals surface area contributed by atoms with E-state index in [0.29, 0.717) is 6.04 Å². The number of carbonyl (C=O) groups excluding carboxylic acids is 1. The molecule has 2 aromatic rings. The van der Waals surface area contributed by atoms with Gasteiger partial charge in [-0.2, -0.15) is 0 Å². The second kappa shape index (κ2) is 6.68. The molecule has 0 spiro atoms. The molecule has 0 aromatic heterocycles. The molecule has 1 atom stereocenters. The van der Waals surface area contributed by atoms with Gasteiger partial charge in [0.1, 0.15) is 5.75 Å². The zero-order valence-corrected chi connectivity index (χ0v) is 14.3. The number of carbonyl (C=O) groups is 1. The molecule has 0 bridgehead atoms. The van der Waals surface area contributed by atoms with Crippen LogP contribution in [0.3, 0.4) is 0 Å². The SMILES string of the molecule is CC(C)(C(=O)NC1CCC1)C(c1ccccc1)c1ccc(O)cc1. The minimum atomic E-state index is -0.589. The Hall–Kier alpha value is -2.29. The molecule has 2 N–H and O–H groups in total. The molecule has 0 saturated heterocycles. The third-order valence-corrected chi connectivity index (χ3v) is 5.11. The van der Waals surface area contributed by atoms with Crippen LogP contribution in [0.1, 0.15) is 50.2 Å². The highest BCUT2D eigenvalue weighted by molar-refractivity contribution is 5.84. The first-order valence-corrected chi connectivity index (χ1v) is 8.63. The van der Waals surface area contributed by atoms with Crippen molar-refractivity contribution in [2.75, 3.05) is 0 Å². The molecule has 1 saturated carbocycles. The van der Waals surface area contributed by atoms with E-state index in [2.05, 4.69) is 17.4 Å². The molecule has 3 rings (SSSR count). The van der Waals surface area contributed by atoms with Gasteiger partial charge in [0, 0.05) is 12.0 Å². The van der Waals surface area contributed by atoms with Crippen LogP contribution in [0.4, 0.5) is 0 Å². The standard InChI is InChI=1S/C21H25NO2/c1-21(2,20(24)22-17-9-6-10-17)19(15-7-4-3-5-8-15)16-11-13-18(23)14-12-16/h3-5,7-8,11-14,17,19,23H,6,9-10H2,1-2H3,(H,22,24). The molecular formula is C21H25NO2. The van der Waals surface area contributed by atoms with Gasteiger partial charge in [0.2, 0.25) is 5.91 Å². The number of rotatable bonds is 5. The number of amides is 1. The lowest BCUT2D eigenvalue weighted by atomic mass is 9.70. The zero-order valence-electron chi connectivity index (χ0n) is 14.3. The fourth-order valence-corrected chi connectivity index (χ4v) is 3.39. The number of nitrogens with one attached hydrogen (secondary N) is 1. The van der Waals surface area contributed by atoms with Crippen molar-refractivity contribution in [1.29, 1.82) is 0 Å². The van der Waals surface area contributed by atoms with Gasteiger partial charge < -0.3 is 10.4 Å². The molecule has 24 heavy (non-hydrogen) atoms. The summed E-state index contributed by atoms with van der Waals surface area (Å²) in [5.74, 6) is 0.260. The summed E-state index contributed by atoms with van der Waals surface area (Å²) in [5, 5.41) is 12.8. The molecule has 3 heteroatoms. The minimum Gasteiger partial charge on any atom is -0.508 e. The van der Waals surface area contributed by atoms with E-state index in [1.807, 2.05) is 44.2 Å². The zero-order chi connectivity index (χ0) is 17.2. The topological polar surface area (TPSA) is 49.3 Å². The Kier molecular flexibility index (Phi) is 4.61. The Bertz CT molecular complexity index is 688. The number of phenolic OH excluding ortho intramolecular Hbond substituents is 1. The average molecular weight is 323 g/mol. The van der Waals surface area contributed by atoms with Gasteiger partial charge in [0.15, 0.2) is 0 Å². The molecule has 0 radical (unpaired) electrons. The van der Waals surface area contributed by atoms with Crippen molar-refractivity contribution in [2.24, 2.45) is 5.41 Å². The maximum Gasteiger partial charge on any atom is 0.226 e. The van der Waals surface area contributed by atoms with Gasteiger partial charge in [-0.05, 0) is 42.5 Å². The van der Waals surface area contributed by atoms with Crippen LogP contribution in [-0.4, -0.2) is 17.1 Å². The van der Waals surface area contributed by atoms with E-state index in [4.69, 9.17) is 0 Å². The van der Waals surface area contributed by atoms with Gasteiger partial charge in [-0.1, -0.05) is 56.3 Å². The third kappa shape index (κ3) is 3.30. The average Bonchev–Trinajstić information content (AvgIpc) is 2.53. The Morgan fingerprint density at radius 2 is 1.62 bits per heavy atom. The van der Waals surface area contributed by atoms with Gasteiger partial charge in [-0.25, -0.2) is 0 Å². The quantitative estimate of drug-likeness (QED) is 0.865. The van der Waals surface area contributed by atoms with Crippen molar-refractivity contribution in [3.8, 4) is 5.75 Å². The summed E-state index contributed by atoms with van der Waals surface area (Å²) in [4.78, 5) is 13.0. The first kappa shape index (κ1) is 16.6. The number of hydrogen-bond acceptors (Lipinski definition) is 2. The van der Waals surface area contributed by atoms with Crippen LogP contribution in [0.15, 0.2) is 54.6 Å². The number of phenols is 1. The van der Waals surface area contributed by atoms with Crippen LogP contribution >= 0.6 is 0 Å². The maximum absolute atomic E-state index is 13.0. The van der Waals surface area contributed by atoms with E-state index < -0.39 is 5.41 Å². The summed E-state index contributed by atoms with van der Waals surface area (Å²) in [6, 6.07) is 17.6. The predicted octanol–water partition coefficient (Wildman–Crippen LogP) is 4.22. The van der Waals surface area contributed by atoms with Gasteiger partial charge in [0.05, 0.1) is 5.41 Å². The fourth-order valence-electron chi connectivity index (χ4n) is 3.39. The van der Waals surface area contributed by atoms with Gasteiger partial charge in [0.25, 0.3) is 0 Å². The fraction of sp³-hybridized carbons (Fsp3) is 0.381. The lowest BCUT2D eigenvalue weighted by molar-refractivity contribution is -0.131. The monoisotopic (exact) mass is 323 g/mol. The van der Waals surface area contributed by atoms with Gasteiger partial charge in [-0.15, -0.1) is 0 Å². The van der Waals surface area contributed by atoms with Gasteiger partial charge >= 0.3 is 0 Å². The Morgan fingerprint density at radius 1 is 1.04 bits per heavy atom. The summed E-state index contributed by atoms with van der Waals surface area (Å²) >= 11 is 0. The van der Waals surface area contributed by atoms with Crippen molar-refractivity contribution >= 4 is 5.91 Å². The molecule has 1 aliphatic rings. The van der Waals surface area contributed by atoms with Crippen LogP contribution in [0.2, 0.25) is 0 Å². The Morgan fingerprint density at radius 3 is 2.17 bits per heavy atom. The number of aromatic hydroxyl groups is 1. The van der Waals surface area contributed by atoms with Crippen LogP contribution < -0.4 is 5.32 Å². The van der Waals surface area contributed by atoms with Crippen LogP contribution in [0.5, 0.6) is 5.75 Å². The number of benzene rings is 2. The molecule has 126 valence electrons. The second-order valence-electron chi connectivity index (χ2n) is 7.26. The van der Waals surface area contributed by atoms with Crippen molar-refractivity contribution in [3.05, 3.63) is 65.7 Å². The van der Waals surface area contributed by atoms with Crippen molar-refractivity contribution in [1.82, 2.24) is 5.32 Å². The van der Waals surface area contributed by atoms with E-state index in [1.54, 1.807) is 12.1 Å². The molecule has 1 fully saturated rings. The summed E-state index contributed by atoms with van der Waals surface area (Å²) in [6.45, 7) is 4.01. The van der Waals surface area contributed by atoms with Crippen LogP contribution in [0, 0.1) is 5.41 Å². The van der Waals surface area contributed by atoms with Crippen molar-refractivity contribution in [3.63, 3.8) is 0 Å². The molecule has 3 nitrogen and oxygen atoms in total. The van der Waals surface area contributed by atoms with Crippen molar-refractivity contribution in [2.45, 2.75) is 45.1 Å².